The molecule has 1 aromatic heterocycles. The van der Waals surface area contributed by atoms with Crippen molar-refractivity contribution in [2.45, 2.75) is 18.3 Å². The van der Waals surface area contributed by atoms with Crippen molar-refractivity contribution < 1.29 is 13.9 Å². The minimum atomic E-state index is -0.560. The fraction of sp³-hybridized carbons (Fsp3) is 0.222. The molecule has 1 saturated carbocycles. The van der Waals surface area contributed by atoms with E-state index in [0.29, 0.717) is 10.9 Å². The van der Waals surface area contributed by atoms with Gasteiger partial charge in [-0.15, -0.1) is 0 Å². The van der Waals surface area contributed by atoms with Gasteiger partial charge in [-0.2, -0.15) is 0 Å². The zero-order valence-corrected chi connectivity index (χ0v) is 13.8. The average molecular weight is 342 g/mol. The third-order valence-corrected chi connectivity index (χ3v) is 5.34. The molecule has 1 amide bonds. The van der Waals surface area contributed by atoms with E-state index < -0.39 is 5.41 Å². The van der Waals surface area contributed by atoms with E-state index in [0.717, 1.165) is 28.6 Å². The highest BCUT2D eigenvalue weighted by atomic mass is 32.1. The maximum Gasteiger partial charge on any atom is 0.236 e. The fourth-order valence-corrected chi connectivity index (χ4v) is 3.78. The normalized spacial score (nSPS) is 15.2. The molecule has 2 aromatic carbocycles. The van der Waals surface area contributed by atoms with E-state index in [2.05, 4.69) is 10.3 Å². The molecular weight excluding hydrogens is 327 g/mol. The number of carbonyl (C=O) groups is 1. The number of carbonyl (C=O) groups excluding carboxylic acids is 1. The van der Waals surface area contributed by atoms with Crippen LogP contribution in [0.5, 0.6) is 5.75 Å². The van der Waals surface area contributed by atoms with Gasteiger partial charge in [0.15, 0.2) is 5.13 Å². The summed E-state index contributed by atoms with van der Waals surface area (Å²) in [6.07, 6.45) is 1.53. The van der Waals surface area contributed by atoms with E-state index in [1.54, 1.807) is 19.2 Å². The molecule has 1 fully saturated rings. The zero-order valence-electron chi connectivity index (χ0n) is 13.0. The molecular formula is C18H15FN2O2S. The molecule has 1 N–H and O–H groups in total. The molecule has 4 nitrogen and oxygen atoms in total. The van der Waals surface area contributed by atoms with Crippen molar-refractivity contribution >= 4 is 32.6 Å². The number of hydrogen-bond donors (Lipinski definition) is 1. The van der Waals surface area contributed by atoms with Crippen molar-refractivity contribution in [3.63, 3.8) is 0 Å². The molecule has 0 atom stereocenters. The molecule has 0 unspecified atom stereocenters. The van der Waals surface area contributed by atoms with Crippen LogP contribution in [-0.2, 0) is 10.2 Å². The summed E-state index contributed by atoms with van der Waals surface area (Å²) in [4.78, 5) is 17.2. The molecule has 0 aliphatic heterocycles. The van der Waals surface area contributed by atoms with Crippen LogP contribution in [0, 0.1) is 5.82 Å². The van der Waals surface area contributed by atoms with Gasteiger partial charge in [0.25, 0.3) is 0 Å². The van der Waals surface area contributed by atoms with Crippen molar-refractivity contribution in [1.29, 1.82) is 0 Å². The minimum absolute atomic E-state index is 0.0906. The molecule has 1 heterocycles. The second kappa shape index (κ2) is 5.56. The molecule has 6 heteroatoms. The van der Waals surface area contributed by atoms with Crippen LogP contribution in [0.15, 0.2) is 42.5 Å². The van der Waals surface area contributed by atoms with Crippen molar-refractivity contribution in [1.82, 2.24) is 4.98 Å². The Bertz CT molecular complexity index is 916. The minimum Gasteiger partial charge on any atom is -0.494 e. The Morgan fingerprint density at radius 1 is 1.25 bits per heavy atom. The molecule has 122 valence electrons. The molecule has 0 bridgehead atoms. The second-order valence-corrected chi connectivity index (χ2v) is 6.90. The van der Waals surface area contributed by atoms with Gasteiger partial charge in [0.05, 0.1) is 17.2 Å². The first kappa shape index (κ1) is 15.1. The summed E-state index contributed by atoms with van der Waals surface area (Å²) in [7, 11) is 1.60. The van der Waals surface area contributed by atoms with E-state index >= 15 is 0 Å². The third-order valence-electron chi connectivity index (χ3n) is 4.40. The SMILES string of the molecule is COc1cccc2sc(NC(=O)C3(c4ccc(F)cc4)CC3)nc12. The number of nitrogens with one attached hydrogen (secondary N) is 1. The van der Waals surface area contributed by atoms with Crippen molar-refractivity contribution in [3.05, 3.63) is 53.8 Å². The van der Waals surface area contributed by atoms with Crippen LogP contribution in [-0.4, -0.2) is 18.0 Å². The molecule has 0 saturated heterocycles. The number of halogens is 1. The number of ether oxygens (including phenoxy) is 1. The Balaban J connectivity index is 1.61. The van der Waals surface area contributed by atoms with Crippen LogP contribution in [0.3, 0.4) is 0 Å². The summed E-state index contributed by atoms with van der Waals surface area (Å²) in [5.41, 5.74) is 1.03. The van der Waals surface area contributed by atoms with Crippen LogP contribution in [0.25, 0.3) is 10.2 Å². The average Bonchev–Trinajstić information content (AvgIpc) is 3.29. The van der Waals surface area contributed by atoms with E-state index in [-0.39, 0.29) is 11.7 Å². The summed E-state index contributed by atoms with van der Waals surface area (Å²) >= 11 is 1.41. The first-order valence-electron chi connectivity index (χ1n) is 7.63. The highest BCUT2D eigenvalue weighted by Gasteiger charge is 2.51. The van der Waals surface area contributed by atoms with Gasteiger partial charge in [0.2, 0.25) is 5.91 Å². The lowest BCUT2D eigenvalue weighted by molar-refractivity contribution is -0.118. The number of methoxy groups -OCH3 is 1. The molecule has 0 radical (unpaired) electrons. The van der Waals surface area contributed by atoms with Crippen molar-refractivity contribution in [2.24, 2.45) is 0 Å². The van der Waals surface area contributed by atoms with E-state index in [1.807, 2.05) is 18.2 Å². The fourth-order valence-electron chi connectivity index (χ4n) is 2.90. The largest absolute Gasteiger partial charge is 0.494 e. The number of fused-ring (bicyclic) bond motifs is 1. The van der Waals surface area contributed by atoms with Gasteiger partial charge in [0, 0.05) is 0 Å². The highest BCUT2D eigenvalue weighted by molar-refractivity contribution is 7.22. The number of benzene rings is 2. The van der Waals surface area contributed by atoms with Crippen molar-refractivity contribution in [2.75, 3.05) is 12.4 Å². The Morgan fingerprint density at radius 2 is 2.00 bits per heavy atom. The first-order chi connectivity index (χ1) is 11.6. The van der Waals surface area contributed by atoms with Gasteiger partial charge < -0.3 is 10.1 Å². The number of anilines is 1. The zero-order chi connectivity index (χ0) is 16.7. The molecule has 3 aromatic rings. The topological polar surface area (TPSA) is 51.2 Å². The molecule has 24 heavy (non-hydrogen) atoms. The Labute approximate surface area is 142 Å². The molecule has 1 aliphatic carbocycles. The predicted molar refractivity (Wildman–Crippen MR) is 92.1 cm³/mol. The summed E-state index contributed by atoms with van der Waals surface area (Å²) in [6, 6.07) is 11.8. The highest BCUT2D eigenvalue weighted by Crippen LogP contribution is 2.49. The Hall–Kier alpha value is -2.47. The van der Waals surface area contributed by atoms with E-state index in [4.69, 9.17) is 4.74 Å². The van der Waals surface area contributed by atoms with Crippen LogP contribution in [0.2, 0.25) is 0 Å². The van der Waals surface area contributed by atoms with Crippen LogP contribution >= 0.6 is 11.3 Å². The van der Waals surface area contributed by atoms with Crippen molar-refractivity contribution in [3.8, 4) is 5.75 Å². The summed E-state index contributed by atoms with van der Waals surface area (Å²) in [6.45, 7) is 0. The standard InChI is InChI=1S/C18H15FN2O2S/c1-23-13-3-2-4-14-15(13)20-17(24-14)21-16(22)18(9-10-18)11-5-7-12(19)8-6-11/h2-8H,9-10H2,1H3,(H,20,21,22). The van der Waals surface area contributed by atoms with Crippen LogP contribution in [0.4, 0.5) is 9.52 Å². The monoisotopic (exact) mass is 342 g/mol. The smallest absolute Gasteiger partial charge is 0.236 e. The number of amides is 1. The summed E-state index contributed by atoms with van der Waals surface area (Å²) in [5.74, 6) is 0.296. The summed E-state index contributed by atoms with van der Waals surface area (Å²) < 4.78 is 19.4. The maximum atomic E-state index is 13.1. The number of aromatic nitrogens is 1. The lowest BCUT2D eigenvalue weighted by atomic mass is 9.95. The van der Waals surface area contributed by atoms with Gasteiger partial charge in [0.1, 0.15) is 17.1 Å². The van der Waals surface area contributed by atoms with Gasteiger partial charge in [-0.05, 0) is 42.7 Å². The van der Waals surface area contributed by atoms with Crippen LogP contribution < -0.4 is 10.1 Å². The third kappa shape index (κ3) is 2.43. The number of hydrogen-bond acceptors (Lipinski definition) is 4. The number of nitrogens with zero attached hydrogens (tertiary/aromatic N) is 1. The predicted octanol–water partition coefficient (Wildman–Crippen LogP) is 4.11. The van der Waals surface area contributed by atoms with E-state index in [1.165, 1.54) is 23.5 Å². The van der Waals surface area contributed by atoms with Gasteiger partial charge >= 0.3 is 0 Å². The first-order valence-corrected chi connectivity index (χ1v) is 8.45. The molecule has 1 aliphatic rings. The number of rotatable bonds is 4. The lowest BCUT2D eigenvalue weighted by Crippen LogP contribution is -2.27. The van der Waals surface area contributed by atoms with Gasteiger partial charge in [-0.3, -0.25) is 4.79 Å². The van der Waals surface area contributed by atoms with E-state index in [9.17, 15) is 9.18 Å². The lowest BCUT2D eigenvalue weighted by Gasteiger charge is -2.14. The summed E-state index contributed by atoms with van der Waals surface area (Å²) in [5, 5.41) is 3.47. The number of thiazole rings is 1. The molecule has 4 rings (SSSR count). The van der Waals surface area contributed by atoms with Gasteiger partial charge in [-0.25, -0.2) is 9.37 Å². The van der Waals surface area contributed by atoms with Gasteiger partial charge in [-0.1, -0.05) is 29.5 Å². The Morgan fingerprint density at radius 3 is 2.67 bits per heavy atom. The molecule has 0 spiro atoms. The second-order valence-electron chi connectivity index (χ2n) is 5.87. The van der Waals surface area contributed by atoms with Crippen LogP contribution in [0.1, 0.15) is 18.4 Å². The Kier molecular flexibility index (Phi) is 3.49. The number of para-hydroxylation sites is 1. The maximum absolute atomic E-state index is 13.1. The quantitative estimate of drug-likeness (QED) is 0.776.